The van der Waals surface area contributed by atoms with E-state index in [-0.39, 0.29) is 0 Å². The second-order valence-electron chi connectivity index (χ2n) is 5.63. The van der Waals surface area contributed by atoms with Crippen LogP contribution < -0.4 is 10.6 Å². The molecule has 0 aromatic heterocycles. The lowest BCUT2D eigenvalue weighted by molar-refractivity contribution is -0.139. The van der Waals surface area contributed by atoms with Gasteiger partial charge in [0.05, 0.1) is 0 Å². The molecular weight excluding hydrogens is 256 g/mol. The van der Waals surface area contributed by atoms with Gasteiger partial charge in [-0.2, -0.15) is 0 Å². The van der Waals surface area contributed by atoms with Crippen molar-refractivity contribution in [2.45, 2.75) is 57.4 Å². The van der Waals surface area contributed by atoms with E-state index in [1.54, 1.807) is 0 Å². The minimum atomic E-state index is -0.811. The van der Waals surface area contributed by atoms with Crippen LogP contribution in [0.5, 0.6) is 0 Å². The van der Waals surface area contributed by atoms with E-state index in [9.17, 15) is 9.59 Å². The van der Waals surface area contributed by atoms with Gasteiger partial charge in [0.15, 0.2) is 0 Å². The van der Waals surface area contributed by atoms with E-state index < -0.39 is 12.0 Å². The first-order valence-electron chi connectivity index (χ1n) is 7.84. The second-order valence-corrected chi connectivity index (χ2v) is 5.63. The van der Waals surface area contributed by atoms with Gasteiger partial charge in [-0.15, -0.1) is 0 Å². The number of hydrogen-bond donors (Lipinski definition) is 3. The van der Waals surface area contributed by atoms with Crippen molar-refractivity contribution in [2.75, 3.05) is 19.6 Å². The summed E-state index contributed by atoms with van der Waals surface area (Å²) in [6.07, 6.45) is 8.92. The lowest BCUT2D eigenvalue weighted by Gasteiger charge is -2.22. The van der Waals surface area contributed by atoms with Gasteiger partial charge in [-0.05, 0) is 38.3 Å². The molecule has 0 radical (unpaired) electrons. The normalized spacial score (nSPS) is 17.8. The summed E-state index contributed by atoms with van der Waals surface area (Å²) in [5.74, 6) is 0.0477. The van der Waals surface area contributed by atoms with E-state index in [4.69, 9.17) is 5.11 Å². The van der Waals surface area contributed by atoms with Crippen molar-refractivity contribution in [3.05, 3.63) is 0 Å². The molecule has 1 fully saturated rings. The Labute approximate surface area is 121 Å². The zero-order valence-corrected chi connectivity index (χ0v) is 12.3. The molecule has 0 saturated carbocycles. The van der Waals surface area contributed by atoms with E-state index in [2.05, 4.69) is 10.6 Å². The van der Waals surface area contributed by atoms with E-state index in [1.165, 1.54) is 25.7 Å². The zero-order valence-electron chi connectivity index (χ0n) is 12.3. The quantitative estimate of drug-likeness (QED) is 0.396. The molecule has 1 saturated heterocycles. The lowest BCUT2D eigenvalue weighted by atomic mass is 9.92. The number of carboxylic acid groups (broad SMARTS) is 1. The Morgan fingerprint density at radius 2 is 2.05 bits per heavy atom. The molecule has 0 aliphatic carbocycles. The Morgan fingerprint density at radius 3 is 2.70 bits per heavy atom. The summed E-state index contributed by atoms with van der Waals surface area (Å²) in [6, 6.07) is -0.506. The number of hydrogen-bond acceptors (Lipinski definition) is 4. The fourth-order valence-electron chi connectivity index (χ4n) is 2.76. The SMILES string of the molecule is O=CCCNC(CCCCCC1CCNCC1)C(=O)O. The Bertz CT molecular complexity index is 278. The molecule has 0 aromatic rings. The minimum Gasteiger partial charge on any atom is -0.480 e. The van der Waals surface area contributed by atoms with Crippen molar-refractivity contribution in [1.82, 2.24) is 10.6 Å². The summed E-state index contributed by atoms with van der Waals surface area (Å²) in [7, 11) is 0. The van der Waals surface area contributed by atoms with Crippen molar-refractivity contribution in [2.24, 2.45) is 5.92 Å². The monoisotopic (exact) mass is 284 g/mol. The summed E-state index contributed by atoms with van der Waals surface area (Å²) in [5.41, 5.74) is 0. The Kier molecular flexibility index (Phi) is 9.24. The van der Waals surface area contributed by atoms with Gasteiger partial charge < -0.3 is 20.5 Å². The van der Waals surface area contributed by atoms with Crippen molar-refractivity contribution < 1.29 is 14.7 Å². The first-order valence-corrected chi connectivity index (χ1v) is 7.84. The van der Waals surface area contributed by atoms with Gasteiger partial charge in [0.25, 0.3) is 0 Å². The summed E-state index contributed by atoms with van der Waals surface area (Å²) in [6.45, 7) is 2.74. The third-order valence-electron chi connectivity index (χ3n) is 4.01. The van der Waals surface area contributed by atoms with Crippen LogP contribution in [-0.2, 0) is 9.59 Å². The van der Waals surface area contributed by atoms with E-state index in [0.717, 1.165) is 38.1 Å². The molecule has 1 aliphatic rings. The summed E-state index contributed by atoms with van der Waals surface area (Å²) in [5, 5.41) is 15.4. The van der Waals surface area contributed by atoms with Gasteiger partial charge in [0.2, 0.25) is 0 Å². The number of piperidine rings is 1. The number of carbonyl (C=O) groups excluding carboxylic acids is 1. The molecule has 1 atom stereocenters. The number of aldehydes is 1. The molecule has 116 valence electrons. The predicted molar refractivity (Wildman–Crippen MR) is 78.8 cm³/mol. The van der Waals surface area contributed by atoms with E-state index in [1.807, 2.05) is 0 Å². The van der Waals surface area contributed by atoms with Crippen LogP contribution in [-0.4, -0.2) is 43.0 Å². The highest BCUT2D eigenvalue weighted by Gasteiger charge is 2.16. The fraction of sp³-hybridized carbons (Fsp3) is 0.867. The zero-order chi connectivity index (χ0) is 14.6. The standard InChI is InChI=1S/C15H28N2O3/c18-12-4-9-17-14(15(19)20)6-3-1-2-5-13-7-10-16-11-8-13/h12-14,16-17H,1-11H2,(H,19,20). The first kappa shape index (κ1) is 17.1. The van der Waals surface area contributed by atoms with Crippen LogP contribution in [0, 0.1) is 5.92 Å². The highest BCUT2D eigenvalue weighted by Crippen LogP contribution is 2.19. The number of nitrogens with one attached hydrogen (secondary N) is 2. The molecule has 1 rings (SSSR count). The van der Waals surface area contributed by atoms with Crippen LogP contribution in [0.3, 0.4) is 0 Å². The number of unbranched alkanes of at least 4 members (excludes halogenated alkanes) is 2. The number of carboxylic acids is 1. The largest absolute Gasteiger partial charge is 0.480 e. The fourth-order valence-corrected chi connectivity index (χ4v) is 2.76. The van der Waals surface area contributed by atoms with Crippen molar-refractivity contribution in [3.8, 4) is 0 Å². The van der Waals surface area contributed by atoms with E-state index in [0.29, 0.717) is 19.4 Å². The van der Waals surface area contributed by atoms with Gasteiger partial charge in [0, 0.05) is 13.0 Å². The molecule has 1 unspecified atom stereocenters. The van der Waals surface area contributed by atoms with Crippen LogP contribution >= 0.6 is 0 Å². The Hall–Kier alpha value is -0.940. The third kappa shape index (κ3) is 7.60. The van der Waals surface area contributed by atoms with Gasteiger partial charge in [-0.25, -0.2) is 0 Å². The van der Waals surface area contributed by atoms with Gasteiger partial charge in [-0.3, -0.25) is 4.79 Å². The van der Waals surface area contributed by atoms with Crippen LogP contribution in [0.1, 0.15) is 51.4 Å². The topological polar surface area (TPSA) is 78.4 Å². The summed E-state index contributed by atoms with van der Waals surface area (Å²) in [4.78, 5) is 21.3. The van der Waals surface area contributed by atoms with Crippen LogP contribution in [0.25, 0.3) is 0 Å². The highest BCUT2D eigenvalue weighted by atomic mass is 16.4. The average Bonchev–Trinajstić information content (AvgIpc) is 2.46. The molecule has 0 amide bonds. The maximum atomic E-state index is 11.0. The molecule has 0 spiro atoms. The first-order chi connectivity index (χ1) is 9.74. The molecule has 5 heteroatoms. The summed E-state index contributed by atoms with van der Waals surface area (Å²) >= 11 is 0. The molecule has 5 nitrogen and oxygen atoms in total. The van der Waals surface area contributed by atoms with E-state index >= 15 is 0 Å². The maximum Gasteiger partial charge on any atom is 0.320 e. The number of aliphatic carboxylic acids is 1. The maximum absolute atomic E-state index is 11.0. The molecule has 1 aliphatic heterocycles. The number of rotatable bonds is 11. The Balaban J connectivity index is 2.04. The van der Waals surface area contributed by atoms with Gasteiger partial charge >= 0.3 is 5.97 Å². The van der Waals surface area contributed by atoms with Crippen molar-refractivity contribution in [3.63, 3.8) is 0 Å². The lowest BCUT2D eigenvalue weighted by Crippen LogP contribution is -2.37. The van der Waals surface area contributed by atoms with Crippen LogP contribution in [0.15, 0.2) is 0 Å². The van der Waals surface area contributed by atoms with Gasteiger partial charge in [0.1, 0.15) is 12.3 Å². The van der Waals surface area contributed by atoms with Gasteiger partial charge in [-0.1, -0.05) is 25.7 Å². The average molecular weight is 284 g/mol. The Morgan fingerprint density at radius 1 is 1.30 bits per heavy atom. The van der Waals surface area contributed by atoms with Crippen molar-refractivity contribution in [1.29, 1.82) is 0 Å². The highest BCUT2D eigenvalue weighted by molar-refractivity contribution is 5.73. The second kappa shape index (κ2) is 10.8. The molecule has 20 heavy (non-hydrogen) atoms. The predicted octanol–water partition coefficient (Wildman–Crippen LogP) is 1.57. The van der Waals surface area contributed by atoms with Crippen molar-refractivity contribution >= 4 is 12.3 Å². The molecule has 1 heterocycles. The number of carbonyl (C=O) groups is 2. The molecule has 3 N–H and O–H groups in total. The van der Waals surface area contributed by atoms with Crippen LogP contribution in [0.4, 0.5) is 0 Å². The third-order valence-corrected chi connectivity index (χ3v) is 4.01. The molecular formula is C15H28N2O3. The van der Waals surface area contributed by atoms with Crippen LogP contribution in [0.2, 0.25) is 0 Å². The molecule has 0 bridgehead atoms. The summed E-state index contributed by atoms with van der Waals surface area (Å²) < 4.78 is 0. The minimum absolute atomic E-state index is 0.374. The molecule has 0 aromatic carbocycles. The smallest absolute Gasteiger partial charge is 0.320 e.